The van der Waals surface area contributed by atoms with Crippen LogP contribution in [-0.4, -0.2) is 107 Å². The van der Waals surface area contributed by atoms with Gasteiger partial charge in [0, 0.05) is 62.5 Å². The van der Waals surface area contributed by atoms with Crippen LogP contribution < -0.4 is 30.6 Å². The number of ether oxygens (including phenoxy) is 2. The van der Waals surface area contributed by atoms with Crippen LogP contribution in [0, 0.1) is 33.8 Å². The van der Waals surface area contributed by atoms with E-state index in [0.29, 0.717) is 34.0 Å². The third-order valence-electron chi connectivity index (χ3n) is 15.0. The van der Waals surface area contributed by atoms with Crippen molar-refractivity contribution >= 4 is 55.5 Å². The number of benzene rings is 3. The van der Waals surface area contributed by atoms with E-state index < -0.39 is 33.8 Å². The molecule has 18 nitrogen and oxygen atoms in total. The Hall–Kier alpha value is -6.05. The zero-order valence-electron chi connectivity index (χ0n) is 36.1. The number of anilines is 2. The molecule has 0 radical (unpaired) electrons. The Morgan fingerprint density at radius 3 is 2.42 bits per heavy atom. The number of amides is 3. The number of nitrogens with zero attached hydrogens (tertiary/aromatic N) is 9. The molecule has 0 bridgehead atoms. The van der Waals surface area contributed by atoms with Gasteiger partial charge in [-0.25, -0.2) is 23.7 Å². The van der Waals surface area contributed by atoms with Crippen molar-refractivity contribution in [2.45, 2.75) is 63.1 Å². The van der Waals surface area contributed by atoms with E-state index in [4.69, 9.17) is 14.6 Å². The van der Waals surface area contributed by atoms with Gasteiger partial charge in [0.2, 0.25) is 5.91 Å². The maximum atomic E-state index is 15.7. The molecule has 21 heteroatoms. The molecule has 6 aliphatic rings. The first-order chi connectivity index (χ1) is 31.6. The Kier molecular flexibility index (Phi) is 10.0. The largest absolute Gasteiger partial charge is 0.453 e. The monoisotopic (exact) mass is 923 g/mol. The number of nitrogens with one attached hydrogen (secondary N) is 1. The number of halogens is 2. The van der Waals surface area contributed by atoms with E-state index >= 15 is 8.78 Å². The molecule has 344 valence electrons. The lowest BCUT2D eigenvalue weighted by molar-refractivity contribution is -0.120. The first kappa shape index (κ1) is 42.6. The smallest absolute Gasteiger partial charge is 0.329 e. The minimum Gasteiger partial charge on any atom is -0.453 e. The van der Waals surface area contributed by atoms with Gasteiger partial charge in [-0.05, 0) is 99.0 Å². The van der Waals surface area contributed by atoms with E-state index in [1.54, 1.807) is 34.8 Å². The van der Waals surface area contributed by atoms with Crippen LogP contribution in [0.1, 0.15) is 68.2 Å². The van der Waals surface area contributed by atoms with Crippen molar-refractivity contribution in [2.75, 3.05) is 62.3 Å². The standard InChI is InChI=1S/C45H47F2N11O7S/c1-53-36-16-37(34(47)15-31(36)41(52-53)56-9-6-39(59)51-43(56)61)55-23-45(24-55)17-26(18-45)54-10-7-44(8-11-54)19-27(20-44)57-25-50-35-5-2-28(14-30(35)42(57)60)65-40-32(21-48)29(3-4-33(40)46)38-22-64-13-12-58(38)66(49,62)63/h2-5,14-16,25-27,38H,6-13,17-20,22-24H2,1H3,(H2,49,62,63)(H,51,59,61). The lowest BCUT2D eigenvalue weighted by Gasteiger charge is -2.63. The summed E-state index contributed by atoms with van der Waals surface area (Å²) in [5.74, 6) is -1.51. The second-order valence-corrected chi connectivity index (χ2v) is 20.5. The predicted octanol–water partition coefficient (Wildman–Crippen LogP) is 4.33. The van der Waals surface area contributed by atoms with Gasteiger partial charge < -0.3 is 19.3 Å². The SMILES string of the molecule is Cn1nc(N2CCC(=O)NC2=O)c2cc(F)c(N3CC4(CC(N5CCC6(CC5)CC(n5cnc7ccc(Oc8c(F)ccc(C9COCCN9S(N)(=O)=O)c8C#N)cc7c5=O)C6)C4)C3)cc21. The van der Waals surface area contributed by atoms with Crippen molar-refractivity contribution in [2.24, 2.45) is 23.0 Å². The van der Waals surface area contributed by atoms with Gasteiger partial charge in [0.1, 0.15) is 23.2 Å². The van der Waals surface area contributed by atoms with Crippen molar-refractivity contribution in [1.29, 1.82) is 5.26 Å². The number of carbonyl (C=O) groups is 2. The number of nitriles is 1. The van der Waals surface area contributed by atoms with Gasteiger partial charge >= 0.3 is 6.03 Å². The second-order valence-electron chi connectivity index (χ2n) is 19.0. The molecule has 66 heavy (non-hydrogen) atoms. The number of hydrogen-bond acceptors (Lipinski definition) is 12. The number of imide groups is 1. The van der Waals surface area contributed by atoms with Crippen molar-refractivity contribution in [1.82, 2.24) is 33.9 Å². The molecule has 1 atom stereocenters. The maximum Gasteiger partial charge on any atom is 0.329 e. The van der Waals surface area contributed by atoms with Crippen LogP contribution >= 0.6 is 0 Å². The molecule has 2 saturated carbocycles. The van der Waals surface area contributed by atoms with E-state index in [1.807, 2.05) is 6.07 Å². The van der Waals surface area contributed by atoms with Gasteiger partial charge in [-0.2, -0.15) is 23.1 Å². The molecule has 11 rings (SSSR count). The van der Waals surface area contributed by atoms with Crippen molar-refractivity contribution in [3.63, 3.8) is 0 Å². The van der Waals surface area contributed by atoms with Gasteiger partial charge in [0.25, 0.3) is 15.8 Å². The van der Waals surface area contributed by atoms with E-state index in [0.717, 1.165) is 75.1 Å². The molecular weight excluding hydrogens is 877 g/mol. The Morgan fingerprint density at radius 1 is 0.939 bits per heavy atom. The highest BCUT2D eigenvalue weighted by atomic mass is 32.2. The summed E-state index contributed by atoms with van der Waals surface area (Å²) in [6, 6.07) is 11.2. The van der Waals surface area contributed by atoms with Crippen LogP contribution in [0.25, 0.3) is 21.8 Å². The number of nitrogens with two attached hydrogens (primary N) is 1. The molecule has 1 unspecified atom stereocenters. The van der Waals surface area contributed by atoms with E-state index in [2.05, 4.69) is 25.2 Å². The van der Waals surface area contributed by atoms with Crippen molar-refractivity contribution < 1.29 is 36.3 Å². The summed E-state index contributed by atoms with van der Waals surface area (Å²) in [5.41, 5.74) is 1.70. The number of likely N-dealkylation sites (tertiary alicyclic amines) is 1. The summed E-state index contributed by atoms with van der Waals surface area (Å²) < 4.78 is 71.5. The third kappa shape index (κ3) is 7.08. The molecule has 3 N–H and O–H groups in total. The highest BCUT2D eigenvalue weighted by molar-refractivity contribution is 7.86. The number of morpholine rings is 1. The molecule has 6 fully saturated rings. The number of hydrogen-bond donors (Lipinski definition) is 2. The zero-order valence-corrected chi connectivity index (χ0v) is 36.9. The van der Waals surface area contributed by atoms with E-state index in [-0.39, 0.29) is 89.1 Å². The third-order valence-corrected chi connectivity index (χ3v) is 16.1. The van der Waals surface area contributed by atoms with Crippen LogP contribution in [0.2, 0.25) is 0 Å². The van der Waals surface area contributed by atoms with Crippen LogP contribution in [-0.2, 0) is 26.8 Å². The first-order valence-electron chi connectivity index (χ1n) is 22.2. The predicted molar refractivity (Wildman–Crippen MR) is 236 cm³/mol. The Bertz CT molecular complexity index is 3070. The lowest BCUT2D eigenvalue weighted by atomic mass is 9.57. The summed E-state index contributed by atoms with van der Waals surface area (Å²) >= 11 is 0. The van der Waals surface area contributed by atoms with Crippen molar-refractivity contribution in [3.05, 3.63) is 81.9 Å². The summed E-state index contributed by atoms with van der Waals surface area (Å²) in [4.78, 5) is 48.8. The van der Waals surface area contributed by atoms with Gasteiger partial charge in [0.15, 0.2) is 17.4 Å². The number of aromatic nitrogens is 4. The van der Waals surface area contributed by atoms with Crippen LogP contribution in [0.5, 0.6) is 11.5 Å². The van der Waals surface area contributed by atoms with E-state index in [1.165, 1.54) is 29.2 Å². The summed E-state index contributed by atoms with van der Waals surface area (Å²) in [6.07, 6.45) is 7.66. The molecular formula is C45H47F2N11O7S. The molecule has 4 aliphatic heterocycles. The van der Waals surface area contributed by atoms with Crippen LogP contribution in [0.15, 0.2) is 53.6 Å². The molecule has 2 aliphatic carbocycles. The Labute approximate surface area is 377 Å². The van der Waals surface area contributed by atoms with Crippen molar-refractivity contribution in [3.8, 4) is 17.6 Å². The molecule has 2 aromatic heterocycles. The summed E-state index contributed by atoms with van der Waals surface area (Å²) in [6.45, 7) is 3.69. The highest BCUT2D eigenvalue weighted by Crippen LogP contribution is 2.57. The molecule has 3 aromatic carbocycles. The lowest BCUT2D eigenvalue weighted by Crippen LogP contribution is -2.67. The average molecular weight is 924 g/mol. The number of piperidine rings is 1. The highest BCUT2D eigenvalue weighted by Gasteiger charge is 2.56. The normalized spacial score (nSPS) is 22.6. The van der Waals surface area contributed by atoms with Crippen LogP contribution in [0.4, 0.5) is 25.1 Å². The first-order valence-corrected chi connectivity index (χ1v) is 23.7. The number of rotatable bonds is 8. The zero-order chi connectivity index (χ0) is 45.9. The van der Waals surface area contributed by atoms with Gasteiger partial charge in [0.05, 0.1) is 47.7 Å². The van der Waals surface area contributed by atoms with Gasteiger partial charge in [-0.3, -0.25) is 29.1 Å². The number of carbonyl (C=O) groups excluding carboxylic acids is 2. The quantitative estimate of drug-likeness (QED) is 0.223. The van der Waals surface area contributed by atoms with Gasteiger partial charge in [-0.15, -0.1) is 0 Å². The summed E-state index contributed by atoms with van der Waals surface area (Å²) in [7, 11) is -2.40. The Balaban J connectivity index is 0.708. The number of urea groups is 1. The second kappa shape index (κ2) is 15.5. The van der Waals surface area contributed by atoms with Gasteiger partial charge in [-0.1, -0.05) is 6.07 Å². The molecule has 4 saturated heterocycles. The fraction of sp³-hybridized carbons (Fsp3) is 0.467. The van der Waals surface area contributed by atoms with E-state index in [9.17, 15) is 28.1 Å². The fourth-order valence-electron chi connectivity index (χ4n) is 11.5. The maximum absolute atomic E-state index is 15.7. The molecule has 6 heterocycles. The minimum atomic E-state index is -4.17. The topological polar surface area (TPSA) is 214 Å². The minimum absolute atomic E-state index is 0.0234. The Morgan fingerprint density at radius 2 is 1.70 bits per heavy atom. The van der Waals surface area contributed by atoms with Crippen LogP contribution in [0.3, 0.4) is 0 Å². The average Bonchev–Trinajstić information content (AvgIpc) is 3.56. The molecule has 2 spiro atoms. The summed E-state index contributed by atoms with van der Waals surface area (Å²) in [5, 5.41) is 23.2. The molecule has 5 aromatic rings. The number of aryl methyl sites for hydroxylation is 1. The number of fused-ring (bicyclic) bond motifs is 2. The molecule has 3 amide bonds. The fourth-order valence-corrected chi connectivity index (χ4v) is 12.4.